The minimum Gasteiger partial charge on any atom is -0.467 e. The lowest BCUT2D eigenvalue weighted by Crippen LogP contribution is -2.45. The molecule has 2 aromatic rings. The molecule has 150 valence electrons. The number of hydrogen-bond acceptors (Lipinski definition) is 4. The second-order valence-electron chi connectivity index (χ2n) is 5.90. The molecule has 0 fully saturated rings. The smallest absolute Gasteiger partial charge is 0.416 e. The molecule has 2 rings (SSSR count). The van der Waals surface area contributed by atoms with Gasteiger partial charge in [-0.25, -0.2) is 4.79 Å². The lowest BCUT2D eigenvalue weighted by atomic mass is 10.0. The number of benzene rings is 2. The number of aliphatic hydroxyl groups is 1. The number of methoxy groups -OCH3 is 1. The van der Waals surface area contributed by atoms with Crippen LogP contribution in [0.5, 0.6) is 0 Å². The summed E-state index contributed by atoms with van der Waals surface area (Å²) in [6.07, 6.45) is -6.28. The number of rotatable bonds is 6. The van der Waals surface area contributed by atoms with Gasteiger partial charge in [-0.3, -0.25) is 4.79 Å². The Labute approximate surface area is 164 Å². The van der Waals surface area contributed by atoms with Crippen LogP contribution in [0.15, 0.2) is 48.5 Å². The van der Waals surface area contributed by atoms with Crippen molar-refractivity contribution in [3.8, 4) is 0 Å². The number of ether oxygens (including phenoxy) is 1. The molecule has 0 saturated carbocycles. The number of halogens is 4. The van der Waals surface area contributed by atoms with Gasteiger partial charge in [-0.1, -0.05) is 41.9 Å². The van der Waals surface area contributed by atoms with Crippen molar-refractivity contribution in [1.82, 2.24) is 5.32 Å². The third-order valence-corrected chi connectivity index (χ3v) is 4.35. The molecule has 0 aliphatic carbocycles. The first-order valence-corrected chi connectivity index (χ1v) is 8.48. The zero-order valence-corrected chi connectivity index (χ0v) is 15.4. The zero-order chi connectivity index (χ0) is 20.9. The monoisotopic (exact) mass is 415 g/mol. The van der Waals surface area contributed by atoms with Crippen molar-refractivity contribution in [1.29, 1.82) is 0 Å². The standard InChI is InChI=1S/C19H17ClF3NO4/c1-28-18(27)15(10-12-4-2-3-5-14(12)20)24-17(26)16(25)11-6-8-13(9-7-11)19(21,22)23/h2-9,15-16,25H,10H2,1H3,(H,24,26)/t15-,16-/m0/s1. The highest BCUT2D eigenvalue weighted by molar-refractivity contribution is 6.31. The number of carbonyl (C=O) groups excluding carboxylic acids is 2. The van der Waals surface area contributed by atoms with Gasteiger partial charge in [0.05, 0.1) is 12.7 Å². The second kappa shape index (κ2) is 9.07. The Morgan fingerprint density at radius 1 is 1.14 bits per heavy atom. The lowest BCUT2D eigenvalue weighted by molar-refractivity contribution is -0.146. The Morgan fingerprint density at radius 3 is 2.29 bits per heavy atom. The topological polar surface area (TPSA) is 75.6 Å². The van der Waals surface area contributed by atoms with Gasteiger partial charge < -0.3 is 15.2 Å². The van der Waals surface area contributed by atoms with E-state index < -0.39 is 35.8 Å². The molecule has 0 heterocycles. The van der Waals surface area contributed by atoms with Crippen molar-refractivity contribution in [3.63, 3.8) is 0 Å². The molecule has 1 amide bonds. The van der Waals surface area contributed by atoms with E-state index in [9.17, 15) is 27.9 Å². The molecule has 0 spiro atoms. The van der Waals surface area contributed by atoms with Crippen LogP contribution < -0.4 is 5.32 Å². The van der Waals surface area contributed by atoms with Gasteiger partial charge in [-0.05, 0) is 29.3 Å². The highest BCUT2D eigenvalue weighted by Crippen LogP contribution is 2.30. The maximum Gasteiger partial charge on any atom is 0.416 e. The van der Waals surface area contributed by atoms with E-state index >= 15 is 0 Å². The van der Waals surface area contributed by atoms with Crippen LogP contribution in [0, 0.1) is 0 Å². The fourth-order valence-electron chi connectivity index (χ4n) is 2.48. The molecule has 0 bridgehead atoms. The number of carbonyl (C=O) groups is 2. The number of esters is 1. The van der Waals surface area contributed by atoms with Crippen LogP contribution in [0.4, 0.5) is 13.2 Å². The van der Waals surface area contributed by atoms with E-state index in [-0.39, 0.29) is 12.0 Å². The van der Waals surface area contributed by atoms with Crippen LogP contribution in [0.1, 0.15) is 22.8 Å². The van der Waals surface area contributed by atoms with E-state index in [1.165, 1.54) is 0 Å². The van der Waals surface area contributed by atoms with E-state index in [0.717, 1.165) is 31.4 Å². The highest BCUT2D eigenvalue weighted by Gasteiger charge is 2.31. The maximum atomic E-state index is 12.6. The molecule has 0 aromatic heterocycles. The van der Waals surface area contributed by atoms with Crippen LogP contribution in [-0.2, 0) is 26.9 Å². The molecule has 0 radical (unpaired) electrons. The Bertz CT molecular complexity index is 840. The van der Waals surface area contributed by atoms with Crippen LogP contribution in [-0.4, -0.2) is 30.1 Å². The first-order valence-electron chi connectivity index (χ1n) is 8.10. The van der Waals surface area contributed by atoms with E-state index in [1.807, 2.05) is 0 Å². The van der Waals surface area contributed by atoms with E-state index in [0.29, 0.717) is 10.6 Å². The summed E-state index contributed by atoms with van der Waals surface area (Å²) in [6.45, 7) is 0. The highest BCUT2D eigenvalue weighted by atomic mass is 35.5. The average Bonchev–Trinajstić information content (AvgIpc) is 2.67. The van der Waals surface area contributed by atoms with Gasteiger partial charge in [0, 0.05) is 11.4 Å². The number of amides is 1. The summed E-state index contributed by atoms with van der Waals surface area (Å²) < 4.78 is 42.5. The van der Waals surface area contributed by atoms with Crippen molar-refractivity contribution < 1.29 is 32.6 Å². The molecule has 5 nitrogen and oxygen atoms in total. The summed E-state index contributed by atoms with van der Waals surface area (Å²) in [4.78, 5) is 24.3. The van der Waals surface area contributed by atoms with Gasteiger partial charge in [0.25, 0.3) is 5.91 Å². The van der Waals surface area contributed by atoms with Crippen molar-refractivity contribution >= 4 is 23.5 Å². The number of hydrogen-bond donors (Lipinski definition) is 2. The SMILES string of the molecule is COC(=O)[C@H](Cc1ccccc1Cl)NC(=O)[C@@H](O)c1ccc(C(F)(F)F)cc1. The summed E-state index contributed by atoms with van der Waals surface area (Å²) in [6, 6.07) is 9.05. The Balaban J connectivity index is 2.14. The third-order valence-electron chi connectivity index (χ3n) is 3.99. The summed E-state index contributed by atoms with van der Waals surface area (Å²) >= 11 is 6.06. The first-order chi connectivity index (χ1) is 13.1. The molecule has 0 aliphatic rings. The first kappa shape index (κ1) is 21.7. The third kappa shape index (κ3) is 5.46. The van der Waals surface area contributed by atoms with Gasteiger partial charge in [-0.15, -0.1) is 0 Å². The Hall–Kier alpha value is -2.58. The molecular weight excluding hydrogens is 399 g/mol. The predicted octanol–water partition coefficient (Wildman–Crippen LogP) is 3.29. The quantitative estimate of drug-likeness (QED) is 0.710. The Morgan fingerprint density at radius 2 is 1.75 bits per heavy atom. The fraction of sp³-hybridized carbons (Fsp3) is 0.263. The summed E-state index contributed by atoms with van der Waals surface area (Å²) in [5.74, 6) is -1.71. The van der Waals surface area contributed by atoms with Crippen LogP contribution >= 0.6 is 11.6 Å². The van der Waals surface area contributed by atoms with E-state index in [4.69, 9.17) is 11.6 Å². The minimum atomic E-state index is -4.53. The van der Waals surface area contributed by atoms with E-state index in [1.54, 1.807) is 24.3 Å². The normalized spacial score (nSPS) is 13.5. The fourth-order valence-corrected chi connectivity index (χ4v) is 2.69. The second-order valence-corrected chi connectivity index (χ2v) is 6.31. The summed E-state index contributed by atoms with van der Waals surface area (Å²) in [7, 11) is 1.14. The number of aliphatic hydroxyl groups excluding tert-OH is 1. The average molecular weight is 416 g/mol. The minimum absolute atomic E-state index is 0.0117. The Kier molecular flexibility index (Phi) is 7.04. The van der Waals surface area contributed by atoms with Crippen LogP contribution in [0.3, 0.4) is 0 Å². The predicted molar refractivity (Wildman–Crippen MR) is 95.5 cm³/mol. The van der Waals surface area contributed by atoms with Crippen molar-refractivity contribution in [2.24, 2.45) is 0 Å². The van der Waals surface area contributed by atoms with Gasteiger partial charge in [0.2, 0.25) is 0 Å². The molecule has 0 unspecified atom stereocenters. The molecule has 9 heteroatoms. The van der Waals surface area contributed by atoms with Crippen LogP contribution in [0.2, 0.25) is 5.02 Å². The van der Waals surface area contributed by atoms with Gasteiger partial charge in [0.1, 0.15) is 6.04 Å². The molecule has 2 aromatic carbocycles. The molecular formula is C19H17ClF3NO4. The number of nitrogens with one attached hydrogen (secondary N) is 1. The van der Waals surface area contributed by atoms with Gasteiger partial charge in [0.15, 0.2) is 6.10 Å². The molecule has 28 heavy (non-hydrogen) atoms. The van der Waals surface area contributed by atoms with E-state index in [2.05, 4.69) is 10.1 Å². The molecule has 2 atom stereocenters. The number of alkyl halides is 3. The molecule has 0 aliphatic heterocycles. The molecule has 2 N–H and O–H groups in total. The van der Waals surface area contributed by atoms with Gasteiger partial charge in [-0.2, -0.15) is 13.2 Å². The zero-order valence-electron chi connectivity index (χ0n) is 14.7. The lowest BCUT2D eigenvalue weighted by Gasteiger charge is -2.19. The van der Waals surface area contributed by atoms with Crippen molar-refractivity contribution in [2.45, 2.75) is 24.7 Å². The van der Waals surface area contributed by atoms with Crippen molar-refractivity contribution in [3.05, 3.63) is 70.2 Å². The summed E-state index contributed by atoms with van der Waals surface area (Å²) in [5.41, 5.74) is -0.384. The summed E-state index contributed by atoms with van der Waals surface area (Å²) in [5, 5.41) is 12.9. The molecule has 0 saturated heterocycles. The van der Waals surface area contributed by atoms with Gasteiger partial charge >= 0.3 is 12.1 Å². The maximum absolute atomic E-state index is 12.6. The largest absolute Gasteiger partial charge is 0.467 e. The van der Waals surface area contributed by atoms with Crippen LogP contribution in [0.25, 0.3) is 0 Å². The van der Waals surface area contributed by atoms with Crippen molar-refractivity contribution in [2.75, 3.05) is 7.11 Å².